The molecule has 1 atom stereocenters. The molecule has 5 nitrogen and oxygen atoms in total. The van der Waals surface area contributed by atoms with Crippen molar-refractivity contribution in [2.75, 3.05) is 28.6 Å². The Morgan fingerprint density at radius 1 is 1.03 bits per heavy atom. The van der Waals surface area contributed by atoms with Gasteiger partial charge in [0.25, 0.3) is 5.91 Å². The number of aromatic nitrogens is 1. The minimum atomic E-state index is -0.0745. The molecule has 144 valence electrons. The van der Waals surface area contributed by atoms with E-state index in [0.29, 0.717) is 11.5 Å². The monoisotopic (exact) mass is 382 g/mol. The zero-order valence-electron chi connectivity index (χ0n) is 16.0. The number of amides is 1. The minimum absolute atomic E-state index is 0.0745. The molecule has 1 amide bonds. The summed E-state index contributed by atoms with van der Waals surface area (Å²) in [6.07, 6.45) is 6.68. The van der Waals surface area contributed by atoms with Crippen LogP contribution in [0, 0.1) is 0 Å². The van der Waals surface area contributed by atoms with Gasteiger partial charge >= 0.3 is 0 Å². The molecular formula is C24H22N4O. The van der Waals surface area contributed by atoms with Crippen molar-refractivity contribution in [3.8, 4) is 0 Å². The summed E-state index contributed by atoms with van der Waals surface area (Å²) in [6.45, 7) is 2.08. The molecule has 3 aromatic rings. The molecule has 5 rings (SSSR count). The van der Waals surface area contributed by atoms with Crippen LogP contribution in [-0.4, -0.2) is 24.0 Å². The van der Waals surface area contributed by atoms with Gasteiger partial charge in [0.1, 0.15) is 0 Å². The number of benzene rings is 2. The number of fused-ring (bicyclic) bond motifs is 1. The molecule has 29 heavy (non-hydrogen) atoms. The van der Waals surface area contributed by atoms with Gasteiger partial charge in [-0.3, -0.25) is 9.78 Å². The van der Waals surface area contributed by atoms with Crippen molar-refractivity contribution in [2.24, 2.45) is 0 Å². The van der Waals surface area contributed by atoms with E-state index in [4.69, 9.17) is 0 Å². The number of rotatable bonds is 4. The van der Waals surface area contributed by atoms with E-state index in [-0.39, 0.29) is 5.91 Å². The van der Waals surface area contributed by atoms with Gasteiger partial charge in [0.2, 0.25) is 0 Å². The van der Waals surface area contributed by atoms with Crippen LogP contribution in [0.15, 0.2) is 79.3 Å². The number of nitrogens with one attached hydrogen (secondary N) is 2. The average Bonchev–Trinajstić information content (AvgIpc) is 3.38. The van der Waals surface area contributed by atoms with Crippen LogP contribution in [0.5, 0.6) is 0 Å². The molecule has 1 aromatic heterocycles. The first-order valence-electron chi connectivity index (χ1n) is 9.90. The van der Waals surface area contributed by atoms with Gasteiger partial charge in [-0.05, 0) is 54.4 Å². The number of carbonyl (C=O) groups is 1. The Morgan fingerprint density at radius 2 is 1.83 bits per heavy atom. The summed E-state index contributed by atoms with van der Waals surface area (Å²) >= 11 is 0. The van der Waals surface area contributed by atoms with Crippen LogP contribution in [0.25, 0.3) is 5.57 Å². The van der Waals surface area contributed by atoms with Gasteiger partial charge in [0.05, 0.1) is 5.57 Å². The SMILES string of the molecule is O=C1Nc2ccccc2C1=CNc1ccc(N2CCC(c3ccncc3)C2)cc1. The van der Waals surface area contributed by atoms with Crippen LogP contribution in [0.4, 0.5) is 17.1 Å². The summed E-state index contributed by atoms with van der Waals surface area (Å²) in [4.78, 5) is 18.7. The molecule has 0 radical (unpaired) electrons. The third-order valence-corrected chi connectivity index (χ3v) is 5.69. The van der Waals surface area contributed by atoms with Crippen molar-refractivity contribution in [1.82, 2.24) is 4.98 Å². The van der Waals surface area contributed by atoms with E-state index in [1.807, 2.05) is 36.7 Å². The first-order chi connectivity index (χ1) is 14.3. The third-order valence-electron chi connectivity index (χ3n) is 5.69. The van der Waals surface area contributed by atoms with Crippen molar-refractivity contribution in [2.45, 2.75) is 12.3 Å². The standard InChI is InChI=1S/C24H22N4O/c29-24-22(21-3-1-2-4-23(21)27-24)15-26-19-5-7-20(8-6-19)28-14-11-18(16-28)17-9-12-25-13-10-17/h1-10,12-13,15,18,26H,11,14,16H2,(H,27,29). The number of hydrogen-bond acceptors (Lipinski definition) is 4. The Hall–Kier alpha value is -3.60. The highest BCUT2D eigenvalue weighted by Gasteiger charge is 2.24. The van der Waals surface area contributed by atoms with Crippen LogP contribution in [0.2, 0.25) is 0 Å². The maximum atomic E-state index is 12.2. The Morgan fingerprint density at radius 3 is 2.66 bits per heavy atom. The normalized spacial score (nSPS) is 19.3. The van der Waals surface area contributed by atoms with Crippen molar-refractivity contribution in [3.63, 3.8) is 0 Å². The van der Waals surface area contributed by atoms with Crippen molar-refractivity contribution >= 4 is 28.5 Å². The molecule has 0 aliphatic carbocycles. The number of pyridine rings is 1. The number of anilines is 3. The van der Waals surface area contributed by atoms with E-state index in [1.165, 1.54) is 11.3 Å². The van der Waals surface area contributed by atoms with Crippen LogP contribution in [-0.2, 0) is 4.79 Å². The lowest BCUT2D eigenvalue weighted by Crippen LogP contribution is -2.19. The molecule has 1 fully saturated rings. The Balaban J connectivity index is 1.26. The maximum Gasteiger partial charge on any atom is 0.257 e. The lowest BCUT2D eigenvalue weighted by Gasteiger charge is -2.19. The average molecular weight is 382 g/mol. The summed E-state index contributed by atoms with van der Waals surface area (Å²) in [7, 11) is 0. The summed E-state index contributed by atoms with van der Waals surface area (Å²) in [5.74, 6) is 0.482. The van der Waals surface area contributed by atoms with Gasteiger partial charge in [0, 0.05) is 60.2 Å². The van der Waals surface area contributed by atoms with Crippen molar-refractivity contribution in [3.05, 3.63) is 90.4 Å². The molecule has 3 heterocycles. The molecule has 5 heteroatoms. The van der Waals surface area contributed by atoms with Crippen LogP contribution >= 0.6 is 0 Å². The van der Waals surface area contributed by atoms with Crippen LogP contribution < -0.4 is 15.5 Å². The second-order valence-corrected chi connectivity index (χ2v) is 7.46. The largest absolute Gasteiger partial charge is 0.371 e. The summed E-state index contributed by atoms with van der Waals surface area (Å²) in [6, 6.07) is 20.4. The van der Waals surface area contributed by atoms with Gasteiger partial charge in [-0.15, -0.1) is 0 Å². The zero-order chi connectivity index (χ0) is 19.6. The molecule has 1 unspecified atom stereocenters. The van der Waals surface area contributed by atoms with Gasteiger partial charge in [-0.1, -0.05) is 18.2 Å². The highest BCUT2D eigenvalue weighted by molar-refractivity contribution is 6.31. The van der Waals surface area contributed by atoms with E-state index in [9.17, 15) is 4.79 Å². The van der Waals surface area contributed by atoms with E-state index in [1.54, 1.807) is 6.20 Å². The predicted molar refractivity (Wildman–Crippen MR) is 117 cm³/mol. The smallest absolute Gasteiger partial charge is 0.257 e. The molecule has 2 aromatic carbocycles. The first-order valence-corrected chi connectivity index (χ1v) is 9.90. The summed E-state index contributed by atoms with van der Waals surface area (Å²) in [5, 5.41) is 6.15. The van der Waals surface area contributed by atoms with E-state index in [2.05, 4.69) is 56.9 Å². The zero-order valence-corrected chi connectivity index (χ0v) is 16.0. The maximum absolute atomic E-state index is 12.2. The molecule has 2 aliphatic rings. The van der Waals surface area contributed by atoms with E-state index >= 15 is 0 Å². The second kappa shape index (κ2) is 7.43. The Kier molecular flexibility index (Phi) is 4.48. The fourth-order valence-corrected chi connectivity index (χ4v) is 4.11. The highest BCUT2D eigenvalue weighted by atomic mass is 16.2. The van der Waals surface area contributed by atoms with Crippen LogP contribution in [0.1, 0.15) is 23.5 Å². The lowest BCUT2D eigenvalue weighted by molar-refractivity contribution is -0.110. The second-order valence-electron chi connectivity index (χ2n) is 7.46. The minimum Gasteiger partial charge on any atom is -0.371 e. The first kappa shape index (κ1) is 17.5. The molecule has 0 bridgehead atoms. The van der Waals surface area contributed by atoms with Crippen LogP contribution in [0.3, 0.4) is 0 Å². The quantitative estimate of drug-likeness (QED) is 0.653. The predicted octanol–water partition coefficient (Wildman–Crippen LogP) is 4.48. The Bertz CT molecular complexity index is 1060. The topological polar surface area (TPSA) is 57.3 Å². The summed E-state index contributed by atoms with van der Waals surface area (Å²) < 4.78 is 0. The molecular weight excluding hydrogens is 360 g/mol. The molecule has 2 N–H and O–H groups in total. The summed E-state index contributed by atoms with van der Waals surface area (Å²) in [5.41, 5.74) is 6.00. The highest BCUT2D eigenvalue weighted by Crippen LogP contribution is 2.32. The van der Waals surface area contributed by atoms with Gasteiger partial charge in [0.15, 0.2) is 0 Å². The number of nitrogens with zero attached hydrogens (tertiary/aromatic N) is 2. The van der Waals surface area contributed by atoms with Gasteiger partial charge in [-0.2, -0.15) is 0 Å². The van der Waals surface area contributed by atoms with Gasteiger partial charge < -0.3 is 15.5 Å². The molecule has 1 saturated heterocycles. The third kappa shape index (κ3) is 3.47. The van der Waals surface area contributed by atoms with Crippen molar-refractivity contribution < 1.29 is 4.79 Å². The Labute approximate surface area is 170 Å². The van der Waals surface area contributed by atoms with E-state index in [0.717, 1.165) is 36.4 Å². The number of hydrogen-bond donors (Lipinski definition) is 2. The number of para-hydroxylation sites is 1. The van der Waals surface area contributed by atoms with Gasteiger partial charge in [-0.25, -0.2) is 0 Å². The fourth-order valence-electron chi connectivity index (χ4n) is 4.11. The molecule has 0 spiro atoms. The molecule has 0 saturated carbocycles. The number of carbonyl (C=O) groups excluding carboxylic acids is 1. The van der Waals surface area contributed by atoms with E-state index < -0.39 is 0 Å². The molecule has 2 aliphatic heterocycles. The van der Waals surface area contributed by atoms with Crippen molar-refractivity contribution in [1.29, 1.82) is 0 Å². The lowest BCUT2D eigenvalue weighted by atomic mass is 10.00. The fraction of sp³-hybridized carbons (Fsp3) is 0.167.